The average molecular weight is 329 g/mol. The van der Waals surface area contributed by atoms with Gasteiger partial charge < -0.3 is 4.90 Å². The van der Waals surface area contributed by atoms with E-state index in [0.717, 1.165) is 24.9 Å². The number of amides is 1. The molecule has 5 nitrogen and oxygen atoms in total. The fraction of sp³-hybridized carbons (Fsp3) is 0.353. The Balaban J connectivity index is 2.10. The second-order valence-electron chi connectivity index (χ2n) is 5.71. The quantitative estimate of drug-likeness (QED) is 0.739. The maximum absolute atomic E-state index is 12.6. The normalized spacial score (nSPS) is 11.3. The van der Waals surface area contributed by atoms with Crippen LogP contribution in [0.5, 0.6) is 0 Å². The summed E-state index contributed by atoms with van der Waals surface area (Å²) in [5, 5.41) is 0.505. The molecule has 0 unspecified atom stereocenters. The maximum Gasteiger partial charge on any atom is 0.266 e. The first-order chi connectivity index (χ1) is 11.0. The van der Waals surface area contributed by atoms with Crippen LogP contribution in [0.1, 0.15) is 35.0 Å². The van der Waals surface area contributed by atoms with Crippen LogP contribution >= 0.6 is 11.3 Å². The molecule has 0 aliphatic rings. The second kappa shape index (κ2) is 6.12. The van der Waals surface area contributed by atoms with Crippen LogP contribution in [-0.4, -0.2) is 33.8 Å². The summed E-state index contributed by atoms with van der Waals surface area (Å²) in [5.41, 5.74) is 1.46. The molecular weight excluding hydrogens is 310 g/mol. The van der Waals surface area contributed by atoms with E-state index in [-0.39, 0.29) is 11.5 Å². The fourth-order valence-electron chi connectivity index (χ4n) is 2.55. The molecule has 6 heteroatoms. The summed E-state index contributed by atoms with van der Waals surface area (Å²) in [5.74, 6) is -0.0494. The monoisotopic (exact) mass is 329 g/mol. The van der Waals surface area contributed by atoms with Crippen LogP contribution in [0.2, 0.25) is 0 Å². The van der Waals surface area contributed by atoms with Crippen LogP contribution < -0.4 is 5.56 Å². The van der Waals surface area contributed by atoms with Crippen molar-refractivity contribution in [1.29, 1.82) is 0 Å². The topological polar surface area (TPSA) is 54.7 Å². The number of aromatic nitrogens is 2. The minimum Gasteiger partial charge on any atom is -0.341 e. The first kappa shape index (κ1) is 15.7. The van der Waals surface area contributed by atoms with E-state index < -0.39 is 0 Å². The third-order valence-corrected chi connectivity index (χ3v) is 4.95. The van der Waals surface area contributed by atoms with Crippen molar-refractivity contribution in [2.45, 2.75) is 26.7 Å². The van der Waals surface area contributed by atoms with Gasteiger partial charge in [-0.3, -0.25) is 14.0 Å². The van der Waals surface area contributed by atoms with Crippen molar-refractivity contribution in [2.75, 3.05) is 13.6 Å². The molecule has 3 rings (SSSR count). The van der Waals surface area contributed by atoms with Crippen LogP contribution in [0.15, 0.2) is 29.2 Å². The maximum atomic E-state index is 12.6. The molecule has 0 spiro atoms. The highest BCUT2D eigenvalue weighted by molar-refractivity contribution is 7.20. The molecular formula is C17H19N3O2S. The SMILES string of the molecule is CCCCN(C)C(=O)c1cc2c(=O)n3cccc(C)c3nc2s1. The third-order valence-electron chi connectivity index (χ3n) is 3.94. The molecule has 0 bridgehead atoms. The van der Waals surface area contributed by atoms with E-state index in [1.54, 1.807) is 28.6 Å². The van der Waals surface area contributed by atoms with Crippen molar-refractivity contribution in [3.63, 3.8) is 0 Å². The Labute approximate surface area is 138 Å². The minimum atomic E-state index is -0.125. The Morgan fingerprint density at radius 2 is 2.22 bits per heavy atom. The van der Waals surface area contributed by atoms with Crippen molar-refractivity contribution in [2.24, 2.45) is 0 Å². The van der Waals surface area contributed by atoms with E-state index in [4.69, 9.17) is 0 Å². The van der Waals surface area contributed by atoms with Crippen LogP contribution in [0, 0.1) is 6.92 Å². The zero-order valence-electron chi connectivity index (χ0n) is 13.5. The molecule has 120 valence electrons. The van der Waals surface area contributed by atoms with Crippen LogP contribution in [-0.2, 0) is 0 Å². The summed E-state index contributed by atoms with van der Waals surface area (Å²) in [7, 11) is 1.79. The van der Waals surface area contributed by atoms with Gasteiger partial charge in [-0.1, -0.05) is 19.4 Å². The molecule has 0 saturated heterocycles. The number of aryl methyl sites for hydroxylation is 1. The number of fused-ring (bicyclic) bond motifs is 2. The van der Waals surface area contributed by atoms with E-state index in [9.17, 15) is 9.59 Å². The van der Waals surface area contributed by atoms with Crippen LogP contribution in [0.3, 0.4) is 0 Å². The third kappa shape index (κ3) is 2.74. The fourth-order valence-corrected chi connectivity index (χ4v) is 3.57. The highest BCUT2D eigenvalue weighted by Crippen LogP contribution is 2.23. The Kier molecular flexibility index (Phi) is 4.17. The highest BCUT2D eigenvalue weighted by atomic mass is 32.1. The number of nitrogens with zero attached hydrogens (tertiary/aromatic N) is 3. The summed E-state index contributed by atoms with van der Waals surface area (Å²) in [4.78, 5) is 32.6. The van der Waals surface area contributed by atoms with Gasteiger partial charge in [-0.2, -0.15) is 0 Å². The van der Waals surface area contributed by atoms with Crippen molar-refractivity contribution < 1.29 is 4.79 Å². The second-order valence-corrected chi connectivity index (χ2v) is 6.74. The Morgan fingerprint density at radius 1 is 1.43 bits per heavy atom. The summed E-state index contributed by atoms with van der Waals surface area (Å²) < 4.78 is 1.54. The van der Waals surface area contributed by atoms with Gasteiger partial charge in [-0.15, -0.1) is 11.3 Å². The molecule has 3 heterocycles. The van der Waals surface area contributed by atoms with Crippen molar-refractivity contribution in [1.82, 2.24) is 14.3 Å². The molecule has 3 aromatic heterocycles. The van der Waals surface area contributed by atoms with Crippen molar-refractivity contribution in [3.05, 3.63) is 45.2 Å². The number of rotatable bonds is 4. The van der Waals surface area contributed by atoms with Gasteiger partial charge in [0.25, 0.3) is 11.5 Å². The van der Waals surface area contributed by atoms with E-state index in [1.807, 2.05) is 19.1 Å². The Hall–Kier alpha value is -2.21. The molecule has 0 aliphatic heterocycles. The van der Waals surface area contributed by atoms with E-state index in [2.05, 4.69) is 11.9 Å². The van der Waals surface area contributed by atoms with Crippen LogP contribution in [0.4, 0.5) is 0 Å². The predicted octanol–water partition coefficient (Wildman–Crippen LogP) is 3.09. The van der Waals surface area contributed by atoms with Crippen molar-refractivity contribution >= 4 is 33.1 Å². The zero-order valence-corrected chi connectivity index (χ0v) is 14.3. The van der Waals surface area contributed by atoms with Gasteiger partial charge >= 0.3 is 0 Å². The molecule has 0 radical (unpaired) electrons. The van der Waals surface area contributed by atoms with Crippen LogP contribution in [0.25, 0.3) is 15.9 Å². The molecule has 0 N–H and O–H groups in total. The lowest BCUT2D eigenvalue weighted by atomic mass is 10.2. The first-order valence-electron chi connectivity index (χ1n) is 7.70. The van der Waals surface area contributed by atoms with Crippen molar-refractivity contribution in [3.8, 4) is 0 Å². The average Bonchev–Trinajstić information content (AvgIpc) is 2.97. The standard InChI is InChI=1S/C17H19N3O2S/c1-4-5-8-19(3)17(22)13-10-12-15(23-13)18-14-11(2)7-6-9-20(14)16(12)21/h6-7,9-10H,4-5,8H2,1-3H3. The van der Waals surface area contributed by atoms with Gasteiger partial charge in [0.05, 0.1) is 10.3 Å². The van der Waals surface area contributed by atoms with E-state index >= 15 is 0 Å². The molecule has 0 aliphatic carbocycles. The largest absolute Gasteiger partial charge is 0.341 e. The van der Waals surface area contributed by atoms with Gasteiger partial charge in [0.15, 0.2) is 0 Å². The summed E-state index contributed by atoms with van der Waals surface area (Å²) >= 11 is 1.29. The minimum absolute atomic E-state index is 0.0494. The lowest BCUT2D eigenvalue weighted by molar-refractivity contribution is 0.0798. The molecule has 0 fully saturated rings. The molecule has 23 heavy (non-hydrogen) atoms. The molecule has 1 amide bonds. The van der Waals surface area contributed by atoms with Gasteiger partial charge in [-0.25, -0.2) is 4.98 Å². The lowest BCUT2D eigenvalue weighted by Crippen LogP contribution is -2.26. The summed E-state index contributed by atoms with van der Waals surface area (Å²) in [6.07, 6.45) is 3.72. The number of carbonyl (C=O) groups excluding carboxylic acids is 1. The number of pyridine rings is 1. The Morgan fingerprint density at radius 3 is 2.96 bits per heavy atom. The van der Waals surface area contributed by atoms with Gasteiger partial charge in [-0.05, 0) is 31.0 Å². The number of unbranched alkanes of at least 4 members (excludes halogenated alkanes) is 1. The number of carbonyl (C=O) groups is 1. The summed E-state index contributed by atoms with van der Waals surface area (Å²) in [6, 6.07) is 5.43. The molecule has 0 atom stereocenters. The number of hydrogen-bond donors (Lipinski definition) is 0. The first-order valence-corrected chi connectivity index (χ1v) is 8.51. The number of hydrogen-bond acceptors (Lipinski definition) is 4. The number of thiophene rings is 1. The van der Waals surface area contributed by atoms with E-state index in [0.29, 0.717) is 20.7 Å². The van der Waals surface area contributed by atoms with E-state index in [1.165, 1.54) is 11.3 Å². The van der Waals surface area contributed by atoms with Gasteiger partial charge in [0.2, 0.25) is 0 Å². The molecule has 3 aromatic rings. The molecule has 0 aromatic carbocycles. The lowest BCUT2D eigenvalue weighted by Gasteiger charge is -2.15. The Bertz CT molecular complexity index is 942. The summed E-state index contributed by atoms with van der Waals surface area (Å²) in [6.45, 7) is 4.74. The molecule has 0 saturated carbocycles. The zero-order chi connectivity index (χ0) is 16.6. The highest BCUT2D eigenvalue weighted by Gasteiger charge is 2.17. The predicted molar refractivity (Wildman–Crippen MR) is 93.5 cm³/mol. The smallest absolute Gasteiger partial charge is 0.266 e. The van der Waals surface area contributed by atoms with Gasteiger partial charge in [0.1, 0.15) is 10.5 Å². The van der Waals surface area contributed by atoms with Gasteiger partial charge in [0, 0.05) is 19.8 Å².